The van der Waals surface area contributed by atoms with Gasteiger partial charge in [-0.3, -0.25) is 0 Å². The van der Waals surface area contributed by atoms with Crippen molar-refractivity contribution in [2.75, 3.05) is 13.1 Å². The van der Waals surface area contributed by atoms with Gasteiger partial charge in [0.2, 0.25) is 0 Å². The Balaban J connectivity index is 0.00000112. The molecule has 1 saturated heterocycles. The molecule has 2 heterocycles. The molecular formula is C9H13Cl2N3O. The van der Waals surface area contributed by atoms with Gasteiger partial charge in [0.05, 0.1) is 17.4 Å². The van der Waals surface area contributed by atoms with Crippen LogP contribution in [0.25, 0.3) is 0 Å². The highest BCUT2D eigenvalue weighted by atomic mass is 35.5. The molecule has 15 heavy (non-hydrogen) atoms. The number of nitrogens with one attached hydrogen (secondary N) is 1. The first-order valence-corrected chi connectivity index (χ1v) is 5.07. The molecule has 0 saturated carbocycles. The van der Waals surface area contributed by atoms with Gasteiger partial charge in [-0.15, -0.1) is 12.4 Å². The summed E-state index contributed by atoms with van der Waals surface area (Å²) in [4.78, 5) is 7.96. The fourth-order valence-electron chi connectivity index (χ4n) is 1.43. The van der Waals surface area contributed by atoms with E-state index in [1.165, 1.54) is 0 Å². The highest BCUT2D eigenvalue weighted by molar-refractivity contribution is 6.30. The van der Waals surface area contributed by atoms with Gasteiger partial charge in [0.15, 0.2) is 0 Å². The second kappa shape index (κ2) is 6.10. The predicted molar refractivity (Wildman–Crippen MR) is 60.8 cm³/mol. The van der Waals surface area contributed by atoms with Crippen LogP contribution >= 0.6 is 24.0 Å². The van der Waals surface area contributed by atoms with Gasteiger partial charge < -0.3 is 10.1 Å². The Morgan fingerprint density at radius 2 is 2.13 bits per heavy atom. The molecule has 1 aromatic heterocycles. The quantitative estimate of drug-likeness (QED) is 0.867. The Morgan fingerprint density at radius 1 is 1.40 bits per heavy atom. The molecule has 1 N–H and O–H groups in total. The number of halogens is 2. The van der Waals surface area contributed by atoms with Gasteiger partial charge in [0.1, 0.15) is 6.10 Å². The van der Waals surface area contributed by atoms with Crippen molar-refractivity contribution >= 4 is 24.0 Å². The molecule has 0 aliphatic carbocycles. The third kappa shape index (κ3) is 3.81. The van der Waals surface area contributed by atoms with Gasteiger partial charge >= 0.3 is 6.01 Å². The average Bonchev–Trinajstić information content (AvgIpc) is 2.23. The number of aromatic nitrogens is 2. The van der Waals surface area contributed by atoms with Crippen LogP contribution in [0.1, 0.15) is 12.8 Å². The number of hydrogen-bond donors (Lipinski definition) is 1. The van der Waals surface area contributed by atoms with Crippen molar-refractivity contribution in [2.24, 2.45) is 0 Å². The minimum atomic E-state index is 0. The van der Waals surface area contributed by atoms with E-state index in [1.54, 1.807) is 12.4 Å². The fourth-order valence-corrected chi connectivity index (χ4v) is 1.53. The molecule has 1 aromatic rings. The predicted octanol–water partition coefficient (Wildman–Crippen LogP) is 1.68. The summed E-state index contributed by atoms with van der Waals surface area (Å²) in [6.45, 7) is 1.94. The van der Waals surface area contributed by atoms with E-state index in [-0.39, 0.29) is 18.5 Å². The standard InChI is InChI=1S/C9H12ClN3O.ClH/c10-7-4-12-9(13-5-7)14-8-2-1-3-11-6-8;/h4-5,8,11H,1-3,6H2;1H/t8-;/m0./s1. The number of hydrogen-bond acceptors (Lipinski definition) is 4. The second-order valence-corrected chi connectivity index (χ2v) is 3.71. The first-order valence-electron chi connectivity index (χ1n) is 4.69. The van der Waals surface area contributed by atoms with E-state index in [0.29, 0.717) is 11.0 Å². The van der Waals surface area contributed by atoms with Gasteiger partial charge in [-0.1, -0.05) is 11.6 Å². The topological polar surface area (TPSA) is 47.0 Å². The maximum atomic E-state index is 5.66. The van der Waals surface area contributed by atoms with Crippen molar-refractivity contribution in [3.8, 4) is 6.01 Å². The minimum Gasteiger partial charge on any atom is -0.459 e. The third-order valence-electron chi connectivity index (χ3n) is 2.12. The lowest BCUT2D eigenvalue weighted by molar-refractivity contribution is 0.153. The molecule has 0 amide bonds. The molecule has 0 radical (unpaired) electrons. The van der Waals surface area contributed by atoms with Crippen LogP contribution in [0.15, 0.2) is 12.4 Å². The summed E-state index contributed by atoms with van der Waals surface area (Å²) in [5.41, 5.74) is 0. The van der Waals surface area contributed by atoms with E-state index in [9.17, 15) is 0 Å². The lowest BCUT2D eigenvalue weighted by atomic mass is 10.1. The molecule has 0 unspecified atom stereocenters. The third-order valence-corrected chi connectivity index (χ3v) is 2.32. The summed E-state index contributed by atoms with van der Waals surface area (Å²) in [7, 11) is 0. The van der Waals surface area contributed by atoms with Crippen LogP contribution in [0.5, 0.6) is 6.01 Å². The zero-order chi connectivity index (χ0) is 9.80. The summed E-state index contributed by atoms with van der Waals surface area (Å²) in [6, 6.07) is 0.406. The van der Waals surface area contributed by atoms with Crippen LogP contribution in [0.3, 0.4) is 0 Å². The van der Waals surface area contributed by atoms with Crippen molar-refractivity contribution in [2.45, 2.75) is 18.9 Å². The fraction of sp³-hybridized carbons (Fsp3) is 0.556. The maximum absolute atomic E-state index is 5.66. The zero-order valence-corrected chi connectivity index (χ0v) is 9.72. The van der Waals surface area contributed by atoms with Crippen LogP contribution in [0.4, 0.5) is 0 Å². The molecule has 1 fully saturated rings. The first-order chi connectivity index (χ1) is 6.84. The molecule has 0 spiro atoms. The SMILES string of the molecule is Cl.Clc1cnc(O[C@H]2CCCNC2)nc1. The van der Waals surface area contributed by atoms with Crippen LogP contribution < -0.4 is 10.1 Å². The average molecular weight is 250 g/mol. The molecular weight excluding hydrogens is 237 g/mol. The highest BCUT2D eigenvalue weighted by Gasteiger charge is 2.15. The summed E-state index contributed by atoms with van der Waals surface area (Å²) in [6.07, 6.45) is 5.46. The molecule has 0 bridgehead atoms. The normalized spacial score (nSPS) is 20.5. The number of ether oxygens (including phenoxy) is 1. The van der Waals surface area contributed by atoms with Crippen molar-refractivity contribution in [3.05, 3.63) is 17.4 Å². The Morgan fingerprint density at radius 3 is 2.73 bits per heavy atom. The van der Waals surface area contributed by atoms with Crippen LogP contribution in [0, 0.1) is 0 Å². The van der Waals surface area contributed by atoms with Crippen LogP contribution in [-0.2, 0) is 0 Å². The Bertz CT molecular complexity index is 288. The van der Waals surface area contributed by atoms with E-state index in [1.807, 2.05) is 0 Å². The van der Waals surface area contributed by atoms with E-state index < -0.39 is 0 Å². The van der Waals surface area contributed by atoms with Crippen molar-refractivity contribution in [1.82, 2.24) is 15.3 Å². The van der Waals surface area contributed by atoms with Crippen LogP contribution in [-0.4, -0.2) is 29.2 Å². The molecule has 2 rings (SSSR count). The first kappa shape index (κ1) is 12.5. The smallest absolute Gasteiger partial charge is 0.316 e. The Hall–Kier alpha value is -0.580. The van der Waals surface area contributed by atoms with E-state index in [4.69, 9.17) is 16.3 Å². The summed E-state index contributed by atoms with van der Waals surface area (Å²) in [5.74, 6) is 0. The number of rotatable bonds is 2. The molecule has 0 aromatic carbocycles. The molecule has 6 heteroatoms. The van der Waals surface area contributed by atoms with Gasteiger partial charge in [-0.2, -0.15) is 0 Å². The number of nitrogens with zero attached hydrogens (tertiary/aromatic N) is 2. The summed E-state index contributed by atoms with van der Waals surface area (Å²) < 4.78 is 5.57. The zero-order valence-electron chi connectivity index (χ0n) is 8.15. The number of piperidine rings is 1. The minimum absolute atomic E-state index is 0. The van der Waals surface area contributed by atoms with E-state index >= 15 is 0 Å². The second-order valence-electron chi connectivity index (χ2n) is 3.27. The van der Waals surface area contributed by atoms with Crippen molar-refractivity contribution in [1.29, 1.82) is 0 Å². The van der Waals surface area contributed by atoms with E-state index in [2.05, 4.69) is 15.3 Å². The molecule has 84 valence electrons. The van der Waals surface area contributed by atoms with Gasteiger partial charge in [-0.05, 0) is 19.4 Å². The lowest BCUT2D eigenvalue weighted by Gasteiger charge is -2.22. The van der Waals surface area contributed by atoms with Crippen molar-refractivity contribution in [3.63, 3.8) is 0 Å². The Kier molecular flexibility index (Phi) is 5.08. The monoisotopic (exact) mass is 249 g/mol. The van der Waals surface area contributed by atoms with Gasteiger partial charge in [0, 0.05) is 6.54 Å². The van der Waals surface area contributed by atoms with Gasteiger partial charge in [0.25, 0.3) is 0 Å². The Labute approximate surface area is 99.8 Å². The lowest BCUT2D eigenvalue weighted by Crippen LogP contribution is -2.37. The molecule has 4 nitrogen and oxygen atoms in total. The maximum Gasteiger partial charge on any atom is 0.316 e. The van der Waals surface area contributed by atoms with Gasteiger partial charge in [-0.25, -0.2) is 9.97 Å². The summed E-state index contributed by atoms with van der Waals surface area (Å²) >= 11 is 5.66. The van der Waals surface area contributed by atoms with Crippen molar-refractivity contribution < 1.29 is 4.74 Å². The molecule has 1 aliphatic heterocycles. The largest absolute Gasteiger partial charge is 0.459 e. The van der Waals surface area contributed by atoms with Crippen LogP contribution in [0.2, 0.25) is 5.02 Å². The molecule has 1 atom stereocenters. The summed E-state index contributed by atoms with van der Waals surface area (Å²) in [5, 5.41) is 3.79. The molecule has 1 aliphatic rings. The van der Waals surface area contributed by atoms with E-state index in [0.717, 1.165) is 25.9 Å². The highest BCUT2D eigenvalue weighted by Crippen LogP contribution is 2.12.